The van der Waals surface area contributed by atoms with E-state index in [1.165, 1.54) is 0 Å². The van der Waals surface area contributed by atoms with Crippen LogP contribution in [0.25, 0.3) is 0 Å². The summed E-state index contributed by atoms with van der Waals surface area (Å²) in [7, 11) is 1.75. The van der Waals surface area contributed by atoms with Crippen molar-refractivity contribution in [2.75, 3.05) is 17.3 Å². The molecule has 2 aromatic rings. The van der Waals surface area contributed by atoms with Crippen LogP contribution in [0.1, 0.15) is 35.3 Å². The zero-order valence-corrected chi connectivity index (χ0v) is 13.8. The summed E-state index contributed by atoms with van der Waals surface area (Å²) in [5.41, 5.74) is 2.60. The van der Waals surface area contributed by atoms with E-state index in [1.807, 2.05) is 32.0 Å². The van der Waals surface area contributed by atoms with Gasteiger partial charge in [0.25, 0.3) is 5.91 Å². The molecule has 0 atom stereocenters. The second-order valence-electron chi connectivity index (χ2n) is 6.37. The highest BCUT2D eigenvalue weighted by molar-refractivity contribution is 6.09. The van der Waals surface area contributed by atoms with Crippen LogP contribution in [0, 0.1) is 11.3 Å². The number of nitriles is 1. The van der Waals surface area contributed by atoms with Gasteiger partial charge in [-0.05, 0) is 55.8 Å². The summed E-state index contributed by atoms with van der Waals surface area (Å²) in [6.07, 6.45) is 0. The van der Waals surface area contributed by atoms with E-state index >= 15 is 0 Å². The van der Waals surface area contributed by atoms with E-state index in [0.29, 0.717) is 16.8 Å². The van der Waals surface area contributed by atoms with Crippen molar-refractivity contribution in [3.05, 3.63) is 59.2 Å². The monoisotopic (exact) mass is 319 g/mol. The number of carbonyl (C=O) groups excluding carboxylic acids is 2. The average Bonchev–Trinajstić information content (AvgIpc) is 2.75. The highest BCUT2D eigenvalue weighted by Crippen LogP contribution is 2.41. The van der Waals surface area contributed by atoms with Crippen LogP contribution in [0.15, 0.2) is 42.5 Å². The topological polar surface area (TPSA) is 73.2 Å². The van der Waals surface area contributed by atoms with Crippen LogP contribution >= 0.6 is 0 Å². The molecule has 0 spiro atoms. The number of nitrogens with one attached hydrogen (secondary N) is 1. The first kappa shape index (κ1) is 15.8. The van der Waals surface area contributed by atoms with E-state index in [4.69, 9.17) is 5.26 Å². The molecule has 2 aromatic carbocycles. The summed E-state index contributed by atoms with van der Waals surface area (Å²) in [5, 5.41) is 11.8. The van der Waals surface area contributed by atoms with E-state index in [0.717, 1.165) is 11.3 Å². The third-order valence-electron chi connectivity index (χ3n) is 4.38. The van der Waals surface area contributed by atoms with Gasteiger partial charge in [-0.25, -0.2) is 0 Å². The minimum Gasteiger partial charge on any atom is -0.322 e. The van der Waals surface area contributed by atoms with Gasteiger partial charge in [0, 0.05) is 24.0 Å². The summed E-state index contributed by atoms with van der Waals surface area (Å²) in [6, 6.07) is 14.0. The van der Waals surface area contributed by atoms with Crippen molar-refractivity contribution in [3.8, 4) is 6.07 Å². The maximum Gasteiger partial charge on any atom is 0.255 e. The second-order valence-corrected chi connectivity index (χ2v) is 6.37. The Bertz CT molecular complexity index is 894. The molecule has 0 fully saturated rings. The molecule has 0 bridgehead atoms. The third-order valence-corrected chi connectivity index (χ3v) is 4.38. The summed E-state index contributed by atoms with van der Waals surface area (Å²) in [6.45, 7) is 3.75. The van der Waals surface area contributed by atoms with Gasteiger partial charge in [-0.3, -0.25) is 9.59 Å². The molecular weight excluding hydrogens is 302 g/mol. The molecule has 24 heavy (non-hydrogen) atoms. The van der Waals surface area contributed by atoms with Crippen LogP contribution in [0.2, 0.25) is 0 Å². The van der Waals surface area contributed by atoms with Crippen molar-refractivity contribution in [2.24, 2.45) is 0 Å². The summed E-state index contributed by atoms with van der Waals surface area (Å²) < 4.78 is 0. The van der Waals surface area contributed by atoms with Gasteiger partial charge in [0.15, 0.2) is 0 Å². The Morgan fingerprint density at radius 1 is 1.21 bits per heavy atom. The molecule has 3 rings (SSSR count). The summed E-state index contributed by atoms with van der Waals surface area (Å²) in [4.78, 5) is 26.3. The van der Waals surface area contributed by atoms with E-state index in [2.05, 4.69) is 5.32 Å². The van der Waals surface area contributed by atoms with Gasteiger partial charge in [-0.15, -0.1) is 0 Å². The number of hydrogen-bond donors (Lipinski definition) is 1. The number of benzene rings is 2. The molecular formula is C19H17N3O2. The molecule has 0 unspecified atom stereocenters. The molecule has 0 aromatic heterocycles. The van der Waals surface area contributed by atoms with Crippen molar-refractivity contribution in [1.82, 2.24) is 0 Å². The smallest absolute Gasteiger partial charge is 0.255 e. The zero-order chi connectivity index (χ0) is 17.5. The molecule has 1 N–H and O–H groups in total. The van der Waals surface area contributed by atoms with Gasteiger partial charge in [0.05, 0.1) is 17.0 Å². The first-order valence-corrected chi connectivity index (χ1v) is 7.59. The lowest BCUT2D eigenvalue weighted by atomic mass is 9.86. The Labute approximate surface area is 140 Å². The van der Waals surface area contributed by atoms with Gasteiger partial charge in [-0.1, -0.05) is 6.07 Å². The molecule has 1 heterocycles. The molecule has 0 saturated carbocycles. The van der Waals surface area contributed by atoms with Crippen molar-refractivity contribution in [1.29, 1.82) is 5.26 Å². The Balaban J connectivity index is 1.90. The molecule has 120 valence electrons. The molecule has 1 aliphatic heterocycles. The Morgan fingerprint density at radius 2 is 1.96 bits per heavy atom. The number of amides is 2. The molecule has 0 aliphatic carbocycles. The van der Waals surface area contributed by atoms with E-state index in [1.54, 1.807) is 42.3 Å². The molecule has 0 saturated heterocycles. The predicted octanol–water partition coefficient (Wildman–Crippen LogP) is 3.06. The lowest BCUT2D eigenvalue weighted by molar-refractivity contribution is -0.121. The van der Waals surface area contributed by atoms with Crippen LogP contribution in [0.3, 0.4) is 0 Å². The number of fused-ring (bicyclic) bond motifs is 1. The molecule has 1 aliphatic rings. The Hall–Kier alpha value is -3.13. The molecule has 0 radical (unpaired) electrons. The number of likely N-dealkylation sites (N-methyl/N-ethyl adjacent to an activating group) is 1. The van der Waals surface area contributed by atoms with Gasteiger partial charge < -0.3 is 10.2 Å². The van der Waals surface area contributed by atoms with Crippen molar-refractivity contribution in [3.63, 3.8) is 0 Å². The van der Waals surface area contributed by atoms with Crippen LogP contribution in [-0.4, -0.2) is 18.9 Å². The zero-order valence-electron chi connectivity index (χ0n) is 13.8. The lowest BCUT2D eigenvalue weighted by Gasteiger charge is -2.16. The maximum absolute atomic E-state index is 12.4. The SMILES string of the molecule is CN1C(=O)C(C)(C)c2cc(NC(=O)c3cccc(C#N)c3)ccc21. The fourth-order valence-electron chi connectivity index (χ4n) is 2.98. The highest BCUT2D eigenvalue weighted by atomic mass is 16.2. The predicted molar refractivity (Wildman–Crippen MR) is 92.0 cm³/mol. The fraction of sp³-hybridized carbons (Fsp3) is 0.211. The number of carbonyl (C=O) groups is 2. The van der Waals surface area contributed by atoms with Gasteiger partial charge in [0.1, 0.15) is 0 Å². The maximum atomic E-state index is 12.4. The summed E-state index contributed by atoms with van der Waals surface area (Å²) >= 11 is 0. The van der Waals surface area contributed by atoms with E-state index in [-0.39, 0.29) is 11.8 Å². The first-order valence-electron chi connectivity index (χ1n) is 7.59. The number of hydrogen-bond acceptors (Lipinski definition) is 3. The average molecular weight is 319 g/mol. The van der Waals surface area contributed by atoms with Gasteiger partial charge in [0.2, 0.25) is 5.91 Å². The minimum absolute atomic E-state index is 0.0303. The van der Waals surface area contributed by atoms with Crippen LogP contribution in [0.4, 0.5) is 11.4 Å². The highest BCUT2D eigenvalue weighted by Gasteiger charge is 2.42. The first-order chi connectivity index (χ1) is 11.3. The normalized spacial score (nSPS) is 14.9. The van der Waals surface area contributed by atoms with E-state index in [9.17, 15) is 9.59 Å². The van der Waals surface area contributed by atoms with Crippen LogP contribution in [0.5, 0.6) is 0 Å². The second kappa shape index (κ2) is 5.50. The Kier molecular flexibility index (Phi) is 3.61. The third kappa shape index (κ3) is 2.42. The van der Waals surface area contributed by atoms with Crippen LogP contribution in [-0.2, 0) is 10.2 Å². The number of rotatable bonds is 2. The van der Waals surface area contributed by atoms with Crippen molar-refractivity contribution in [2.45, 2.75) is 19.3 Å². The fourth-order valence-corrected chi connectivity index (χ4v) is 2.98. The number of anilines is 2. The quantitative estimate of drug-likeness (QED) is 0.924. The molecule has 5 nitrogen and oxygen atoms in total. The largest absolute Gasteiger partial charge is 0.322 e. The standard InChI is InChI=1S/C19H17N3O2/c1-19(2)15-10-14(7-8-16(15)22(3)18(19)24)21-17(23)13-6-4-5-12(9-13)11-20/h4-10H,1-3H3,(H,21,23). The number of nitrogens with zero attached hydrogens (tertiary/aromatic N) is 2. The Morgan fingerprint density at radius 3 is 2.67 bits per heavy atom. The van der Waals surface area contributed by atoms with E-state index < -0.39 is 5.41 Å². The lowest BCUT2D eigenvalue weighted by Crippen LogP contribution is -2.33. The molecule has 2 amide bonds. The molecule has 5 heteroatoms. The van der Waals surface area contributed by atoms with Crippen molar-refractivity contribution < 1.29 is 9.59 Å². The van der Waals surface area contributed by atoms with Gasteiger partial charge >= 0.3 is 0 Å². The van der Waals surface area contributed by atoms with Crippen molar-refractivity contribution >= 4 is 23.2 Å². The summed E-state index contributed by atoms with van der Waals surface area (Å²) in [5.74, 6) is -0.259. The van der Waals surface area contributed by atoms with Gasteiger partial charge in [-0.2, -0.15) is 5.26 Å². The van der Waals surface area contributed by atoms with Crippen LogP contribution < -0.4 is 10.2 Å². The minimum atomic E-state index is -0.619.